The number of ketones is 1. The standard InChI is InChI=1S/C24H20N6O5/c25-22(33)19-10-26-28-30(19)11-13-4-6-14(7-5-13)21(32)15-2-1-3-16-17(15)12-29(24(16)35)18-8-9-20(31)27-23(18)34/h1-7,10,18H,8-9,11-12H2,(H2,25,33)(H,27,31,34). The fourth-order valence-electron chi connectivity index (χ4n) is 4.45. The van der Waals surface area contributed by atoms with Crippen molar-refractivity contribution in [2.45, 2.75) is 32.0 Å². The molecule has 0 bridgehead atoms. The van der Waals surface area contributed by atoms with Crippen molar-refractivity contribution in [3.8, 4) is 0 Å². The largest absolute Gasteiger partial charge is 0.364 e. The van der Waals surface area contributed by atoms with Crippen LogP contribution in [0.1, 0.15) is 60.7 Å². The zero-order valence-electron chi connectivity index (χ0n) is 18.4. The minimum absolute atomic E-state index is 0.114. The Balaban J connectivity index is 1.37. The lowest BCUT2D eigenvalue weighted by molar-refractivity contribution is -0.136. The van der Waals surface area contributed by atoms with E-state index in [-0.39, 0.29) is 49.2 Å². The molecule has 2 aliphatic rings. The van der Waals surface area contributed by atoms with Crippen LogP contribution in [0.5, 0.6) is 0 Å². The van der Waals surface area contributed by atoms with Crippen LogP contribution < -0.4 is 11.1 Å². The molecule has 3 aromatic rings. The van der Waals surface area contributed by atoms with E-state index in [1.807, 2.05) is 0 Å². The average molecular weight is 472 g/mol. The smallest absolute Gasteiger partial charge is 0.268 e. The predicted molar refractivity (Wildman–Crippen MR) is 120 cm³/mol. The molecule has 4 amide bonds. The number of primary amides is 1. The summed E-state index contributed by atoms with van der Waals surface area (Å²) in [5.74, 6) is -2.09. The Kier molecular flexibility index (Phi) is 5.44. The molecule has 1 saturated heterocycles. The third kappa shape index (κ3) is 3.97. The van der Waals surface area contributed by atoms with Gasteiger partial charge in [-0.05, 0) is 23.6 Å². The zero-order chi connectivity index (χ0) is 24.7. The highest BCUT2D eigenvalue weighted by Crippen LogP contribution is 2.31. The van der Waals surface area contributed by atoms with E-state index in [1.54, 1.807) is 42.5 Å². The van der Waals surface area contributed by atoms with Gasteiger partial charge in [-0.2, -0.15) is 0 Å². The number of fused-ring (bicyclic) bond motifs is 1. The summed E-state index contributed by atoms with van der Waals surface area (Å²) in [4.78, 5) is 63.0. The topological polar surface area (TPSA) is 157 Å². The van der Waals surface area contributed by atoms with Gasteiger partial charge in [0.05, 0.1) is 12.7 Å². The Bertz CT molecular complexity index is 1390. The Hall–Kier alpha value is -4.67. The van der Waals surface area contributed by atoms with Crippen LogP contribution in [-0.4, -0.2) is 55.3 Å². The number of nitrogens with two attached hydrogens (primary N) is 1. The highest BCUT2D eigenvalue weighted by molar-refractivity contribution is 6.13. The van der Waals surface area contributed by atoms with Gasteiger partial charge in [-0.1, -0.05) is 41.6 Å². The predicted octanol–water partition coefficient (Wildman–Crippen LogP) is 0.417. The summed E-state index contributed by atoms with van der Waals surface area (Å²) in [5.41, 5.74) is 8.01. The molecule has 0 aliphatic carbocycles. The fourth-order valence-corrected chi connectivity index (χ4v) is 4.45. The van der Waals surface area contributed by atoms with Crippen LogP contribution in [0.2, 0.25) is 0 Å². The summed E-state index contributed by atoms with van der Waals surface area (Å²) in [7, 11) is 0. The third-order valence-electron chi connectivity index (χ3n) is 6.25. The van der Waals surface area contributed by atoms with Crippen LogP contribution in [0, 0.1) is 0 Å². The van der Waals surface area contributed by atoms with E-state index in [2.05, 4.69) is 15.6 Å². The van der Waals surface area contributed by atoms with Crippen molar-refractivity contribution < 1.29 is 24.0 Å². The number of hydrogen-bond donors (Lipinski definition) is 2. The number of benzene rings is 2. The molecule has 11 heteroatoms. The van der Waals surface area contributed by atoms with Crippen molar-refractivity contribution >= 4 is 29.4 Å². The molecule has 176 valence electrons. The van der Waals surface area contributed by atoms with E-state index in [4.69, 9.17) is 5.73 Å². The molecule has 1 unspecified atom stereocenters. The monoisotopic (exact) mass is 472 g/mol. The van der Waals surface area contributed by atoms with Crippen molar-refractivity contribution in [1.29, 1.82) is 0 Å². The summed E-state index contributed by atoms with van der Waals surface area (Å²) in [6.07, 6.45) is 1.69. The Morgan fingerprint density at radius 2 is 1.86 bits per heavy atom. The van der Waals surface area contributed by atoms with E-state index in [0.29, 0.717) is 22.3 Å². The van der Waals surface area contributed by atoms with Crippen LogP contribution in [-0.2, 0) is 22.7 Å². The molecular weight excluding hydrogens is 452 g/mol. The lowest BCUT2D eigenvalue weighted by Gasteiger charge is -2.29. The number of imide groups is 1. The Morgan fingerprint density at radius 3 is 2.57 bits per heavy atom. The molecule has 5 rings (SSSR count). The van der Waals surface area contributed by atoms with Gasteiger partial charge >= 0.3 is 0 Å². The number of piperidine rings is 1. The zero-order valence-corrected chi connectivity index (χ0v) is 18.4. The molecule has 1 fully saturated rings. The summed E-state index contributed by atoms with van der Waals surface area (Å²) >= 11 is 0. The average Bonchev–Trinajstić information content (AvgIpc) is 3.44. The van der Waals surface area contributed by atoms with Crippen molar-refractivity contribution in [3.63, 3.8) is 0 Å². The van der Waals surface area contributed by atoms with Gasteiger partial charge in [0.1, 0.15) is 11.7 Å². The number of aromatic nitrogens is 3. The van der Waals surface area contributed by atoms with Crippen molar-refractivity contribution in [2.75, 3.05) is 0 Å². The third-order valence-corrected chi connectivity index (χ3v) is 6.25. The van der Waals surface area contributed by atoms with Gasteiger partial charge in [-0.3, -0.25) is 29.3 Å². The van der Waals surface area contributed by atoms with Gasteiger partial charge in [0.2, 0.25) is 11.8 Å². The first-order chi connectivity index (χ1) is 16.8. The summed E-state index contributed by atoms with van der Waals surface area (Å²) in [5, 5.41) is 9.82. The minimum atomic E-state index is -0.753. The molecular formula is C24H20N6O5. The Labute approximate surface area is 198 Å². The lowest BCUT2D eigenvalue weighted by Crippen LogP contribution is -2.52. The molecule has 0 spiro atoms. The van der Waals surface area contributed by atoms with E-state index >= 15 is 0 Å². The molecule has 35 heavy (non-hydrogen) atoms. The maximum Gasteiger partial charge on any atom is 0.268 e. The number of carbonyl (C=O) groups excluding carboxylic acids is 5. The molecule has 11 nitrogen and oxygen atoms in total. The van der Waals surface area contributed by atoms with Gasteiger partial charge in [0.25, 0.3) is 11.8 Å². The molecule has 3 N–H and O–H groups in total. The van der Waals surface area contributed by atoms with Crippen molar-refractivity contribution in [2.24, 2.45) is 5.73 Å². The van der Waals surface area contributed by atoms with Gasteiger partial charge < -0.3 is 10.6 Å². The Morgan fingerprint density at radius 1 is 1.09 bits per heavy atom. The van der Waals surface area contributed by atoms with Crippen LogP contribution in [0.3, 0.4) is 0 Å². The van der Waals surface area contributed by atoms with Gasteiger partial charge in [0.15, 0.2) is 5.78 Å². The lowest BCUT2D eigenvalue weighted by atomic mass is 9.95. The molecule has 0 radical (unpaired) electrons. The van der Waals surface area contributed by atoms with Crippen LogP contribution in [0.25, 0.3) is 0 Å². The second-order valence-corrected chi connectivity index (χ2v) is 8.40. The summed E-state index contributed by atoms with van der Waals surface area (Å²) in [6.45, 7) is 0.367. The fraction of sp³-hybridized carbons (Fsp3) is 0.208. The number of carbonyl (C=O) groups is 5. The van der Waals surface area contributed by atoms with Crippen molar-refractivity contribution in [3.05, 3.63) is 82.2 Å². The first kappa shape index (κ1) is 22.1. The number of nitrogens with zero attached hydrogens (tertiary/aromatic N) is 4. The first-order valence-electron chi connectivity index (χ1n) is 10.9. The maximum atomic E-state index is 13.3. The molecule has 3 heterocycles. The van der Waals surface area contributed by atoms with Crippen LogP contribution in [0.4, 0.5) is 0 Å². The second-order valence-electron chi connectivity index (χ2n) is 8.40. The molecule has 2 aliphatic heterocycles. The highest BCUT2D eigenvalue weighted by atomic mass is 16.2. The first-order valence-corrected chi connectivity index (χ1v) is 10.9. The summed E-state index contributed by atoms with van der Waals surface area (Å²) < 4.78 is 1.37. The van der Waals surface area contributed by atoms with E-state index in [0.717, 1.165) is 5.56 Å². The van der Waals surface area contributed by atoms with Gasteiger partial charge in [-0.15, -0.1) is 5.10 Å². The number of hydrogen-bond acceptors (Lipinski definition) is 7. The number of nitrogens with one attached hydrogen (secondary N) is 1. The van der Waals surface area contributed by atoms with Crippen molar-refractivity contribution in [1.82, 2.24) is 25.2 Å². The van der Waals surface area contributed by atoms with E-state index in [9.17, 15) is 24.0 Å². The van der Waals surface area contributed by atoms with Crippen LogP contribution in [0.15, 0.2) is 48.7 Å². The normalized spacial score (nSPS) is 17.3. The van der Waals surface area contributed by atoms with Gasteiger partial charge in [0, 0.05) is 29.7 Å². The highest BCUT2D eigenvalue weighted by Gasteiger charge is 2.40. The molecule has 0 saturated carbocycles. The minimum Gasteiger partial charge on any atom is -0.364 e. The summed E-state index contributed by atoms with van der Waals surface area (Å²) in [6, 6.07) is 11.0. The molecule has 1 aromatic heterocycles. The second kappa shape index (κ2) is 8.60. The number of amides is 4. The molecule has 1 atom stereocenters. The van der Waals surface area contributed by atoms with E-state index < -0.39 is 17.9 Å². The van der Waals surface area contributed by atoms with Gasteiger partial charge in [-0.25, -0.2) is 4.68 Å². The maximum absolute atomic E-state index is 13.3. The van der Waals surface area contributed by atoms with Crippen LogP contribution >= 0.6 is 0 Å². The quantitative estimate of drug-likeness (QED) is 0.389. The molecule has 2 aromatic carbocycles. The SMILES string of the molecule is NC(=O)c1cnnn1Cc1ccc(C(=O)c2cccc3c2CN(C2CCC(=O)NC2=O)C3=O)cc1. The number of rotatable bonds is 6. The van der Waals surface area contributed by atoms with E-state index in [1.165, 1.54) is 15.8 Å².